The topological polar surface area (TPSA) is 83.4 Å². The number of amides is 1. The summed E-state index contributed by atoms with van der Waals surface area (Å²) in [5.41, 5.74) is 3.42. The van der Waals surface area contributed by atoms with E-state index < -0.39 is 12.1 Å². The Morgan fingerprint density at radius 3 is 2.56 bits per heavy atom. The smallest absolute Gasteiger partial charge is 0.251 e. The summed E-state index contributed by atoms with van der Waals surface area (Å²) in [6, 6.07) is 21.8. The second kappa shape index (κ2) is 10.6. The molecule has 0 fully saturated rings. The molecule has 6 nitrogen and oxygen atoms in total. The molecule has 4 rings (SSSR count). The van der Waals surface area contributed by atoms with E-state index in [0.29, 0.717) is 12.1 Å². The van der Waals surface area contributed by atoms with E-state index in [4.69, 9.17) is 0 Å². The van der Waals surface area contributed by atoms with Crippen LogP contribution in [0.15, 0.2) is 90.2 Å². The van der Waals surface area contributed by atoms with Gasteiger partial charge in [-0.25, -0.2) is 0 Å². The lowest BCUT2D eigenvalue weighted by molar-refractivity contribution is -0.119. The van der Waals surface area contributed by atoms with Crippen molar-refractivity contribution in [2.24, 2.45) is 0 Å². The minimum Gasteiger partial charge on any atom is -0.386 e. The molecule has 0 saturated carbocycles. The number of aromatic nitrogens is 1. The predicted octanol–water partition coefficient (Wildman–Crippen LogP) is 3.78. The number of aliphatic hydroxyl groups excluding tert-OH is 1. The first kappa shape index (κ1) is 23.7. The van der Waals surface area contributed by atoms with Crippen LogP contribution in [0.2, 0.25) is 0 Å². The Balaban J connectivity index is 1.33. The van der Waals surface area contributed by atoms with E-state index in [9.17, 15) is 14.7 Å². The van der Waals surface area contributed by atoms with Gasteiger partial charge in [-0.3, -0.25) is 9.59 Å². The van der Waals surface area contributed by atoms with Gasteiger partial charge in [0, 0.05) is 23.5 Å². The highest BCUT2D eigenvalue weighted by atomic mass is 16.3. The van der Waals surface area contributed by atoms with Crippen LogP contribution in [0.4, 0.5) is 5.69 Å². The fourth-order valence-electron chi connectivity index (χ4n) is 4.60. The summed E-state index contributed by atoms with van der Waals surface area (Å²) in [6.45, 7) is 5.94. The standard InChI is InChI=1S/C28H31N3O3/c1-3-24(27(33)21-8-5-4-6-9-21)29-19(2)18-20-12-14-22(15-13-20)30-28(34)25-17-16-23-10-7-11-26(32)31(23)25/h3-15,19,24-25,27,29,33H,1,16-18H2,2H3,(H,30,34)/t19-,24+,25-,27+/m0/s1. The van der Waals surface area contributed by atoms with Crippen molar-refractivity contribution in [3.63, 3.8) is 0 Å². The molecule has 2 aromatic carbocycles. The van der Waals surface area contributed by atoms with Crippen LogP contribution < -0.4 is 16.2 Å². The van der Waals surface area contributed by atoms with E-state index in [1.54, 1.807) is 16.7 Å². The van der Waals surface area contributed by atoms with Crippen LogP contribution in [-0.2, 0) is 17.6 Å². The lowest BCUT2D eigenvalue weighted by Crippen LogP contribution is -2.40. The fourth-order valence-corrected chi connectivity index (χ4v) is 4.60. The van der Waals surface area contributed by atoms with Gasteiger partial charge in [0.25, 0.3) is 5.56 Å². The minimum atomic E-state index is -0.674. The number of aliphatic hydroxyl groups is 1. The first-order valence-corrected chi connectivity index (χ1v) is 11.7. The number of carbonyl (C=O) groups is 1. The Morgan fingerprint density at radius 1 is 1.12 bits per heavy atom. The summed E-state index contributed by atoms with van der Waals surface area (Å²) < 4.78 is 1.59. The maximum absolute atomic E-state index is 12.8. The summed E-state index contributed by atoms with van der Waals surface area (Å²) in [4.78, 5) is 25.0. The van der Waals surface area contributed by atoms with Crippen LogP contribution in [0, 0.1) is 0 Å². The molecular weight excluding hydrogens is 426 g/mol. The normalized spacial score (nSPS) is 17.4. The Morgan fingerprint density at radius 2 is 1.85 bits per heavy atom. The lowest BCUT2D eigenvalue weighted by Gasteiger charge is -2.25. The first-order valence-electron chi connectivity index (χ1n) is 11.7. The summed E-state index contributed by atoms with van der Waals surface area (Å²) in [5.74, 6) is -0.168. The Hall–Kier alpha value is -3.48. The van der Waals surface area contributed by atoms with Gasteiger partial charge in [0.1, 0.15) is 6.04 Å². The number of benzene rings is 2. The Labute approximate surface area is 200 Å². The molecule has 176 valence electrons. The molecule has 0 saturated heterocycles. The van der Waals surface area contributed by atoms with Gasteiger partial charge < -0.3 is 20.3 Å². The number of nitrogens with zero attached hydrogens (tertiary/aromatic N) is 1. The molecule has 0 radical (unpaired) electrons. The maximum Gasteiger partial charge on any atom is 0.251 e. The number of fused-ring (bicyclic) bond motifs is 1. The van der Waals surface area contributed by atoms with E-state index in [1.807, 2.05) is 60.7 Å². The molecule has 3 N–H and O–H groups in total. The largest absolute Gasteiger partial charge is 0.386 e. The highest BCUT2D eigenvalue weighted by Gasteiger charge is 2.28. The van der Waals surface area contributed by atoms with Crippen LogP contribution >= 0.6 is 0 Å². The second-order valence-electron chi connectivity index (χ2n) is 8.85. The molecule has 4 atom stereocenters. The van der Waals surface area contributed by atoms with Crippen molar-refractivity contribution in [3.8, 4) is 0 Å². The fraction of sp³-hybridized carbons (Fsp3) is 0.286. The molecule has 3 aromatic rings. The molecule has 0 spiro atoms. The molecule has 0 unspecified atom stereocenters. The van der Waals surface area contributed by atoms with Crippen molar-refractivity contribution >= 4 is 11.6 Å². The third-order valence-electron chi connectivity index (χ3n) is 6.34. The summed E-state index contributed by atoms with van der Waals surface area (Å²) in [6.07, 6.45) is 3.17. The van der Waals surface area contributed by atoms with Gasteiger partial charge in [0.2, 0.25) is 5.91 Å². The van der Waals surface area contributed by atoms with E-state index in [1.165, 1.54) is 6.07 Å². The van der Waals surface area contributed by atoms with Gasteiger partial charge in [-0.1, -0.05) is 54.6 Å². The van der Waals surface area contributed by atoms with Gasteiger partial charge in [-0.15, -0.1) is 6.58 Å². The number of nitrogens with one attached hydrogen (secondary N) is 2. The van der Waals surface area contributed by atoms with Crippen LogP contribution in [0.3, 0.4) is 0 Å². The molecule has 0 bridgehead atoms. The molecular formula is C28H31N3O3. The van der Waals surface area contributed by atoms with Gasteiger partial charge in [0.05, 0.1) is 12.1 Å². The molecule has 1 aliphatic heterocycles. The maximum atomic E-state index is 12.8. The zero-order valence-corrected chi connectivity index (χ0v) is 19.4. The zero-order valence-electron chi connectivity index (χ0n) is 19.4. The lowest BCUT2D eigenvalue weighted by atomic mass is 10.00. The number of hydrogen-bond acceptors (Lipinski definition) is 4. The van der Waals surface area contributed by atoms with Crippen molar-refractivity contribution in [1.82, 2.24) is 9.88 Å². The minimum absolute atomic E-state index is 0.101. The highest BCUT2D eigenvalue weighted by Crippen LogP contribution is 2.25. The molecule has 34 heavy (non-hydrogen) atoms. The summed E-state index contributed by atoms with van der Waals surface area (Å²) in [5, 5.41) is 17.1. The Kier molecular flexibility index (Phi) is 7.40. The van der Waals surface area contributed by atoms with E-state index in [0.717, 1.165) is 29.7 Å². The number of hydrogen-bond donors (Lipinski definition) is 3. The van der Waals surface area contributed by atoms with Crippen molar-refractivity contribution in [2.45, 2.75) is 50.4 Å². The molecule has 1 amide bonds. The van der Waals surface area contributed by atoms with Crippen molar-refractivity contribution < 1.29 is 9.90 Å². The molecule has 1 aliphatic rings. The number of carbonyl (C=O) groups excluding carboxylic acids is 1. The van der Waals surface area contributed by atoms with Crippen molar-refractivity contribution in [2.75, 3.05) is 5.32 Å². The molecule has 0 aliphatic carbocycles. The summed E-state index contributed by atoms with van der Waals surface area (Å²) >= 11 is 0. The van der Waals surface area contributed by atoms with Gasteiger partial charge in [-0.2, -0.15) is 0 Å². The number of rotatable bonds is 9. The SMILES string of the molecule is C=C[C@@H](N[C@@H](C)Cc1ccc(NC(=O)[C@@H]2CCc3cccc(=O)n32)cc1)[C@H](O)c1ccccc1. The van der Waals surface area contributed by atoms with E-state index >= 15 is 0 Å². The van der Waals surface area contributed by atoms with E-state index in [2.05, 4.69) is 24.1 Å². The van der Waals surface area contributed by atoms with E-state index in [-0.39, 0.29) is 23.6 Å². The third kappa shape index (κ3) is 5.35. The number of pyridine rings is 1. The number of anilines is 1. The van der Waals surface area contributed by atoms with Crippen LogP contribution in [0.25, 0.3) is 0 Å². The first-order chi connectivity index (χ1) is 16.5. The molecule has 2 heterocycles. The van der Waals surface area contributed by atoms with Gasteiger partial charge >= 0.3 is 0 Å². The van der Waals surface area contributed by atoms with Crippen molar-refractivity contribution in [3.05, 3.63) is 113 Å². The van der Waals surface area contributed by atoms with Crippen LogP contribution in [-0.4, -0.2) is 27.7 Å². The average molecular weight is 458 g/mol. The summed E-state index contributed by atoms with van der Waals surface area (Å²) in [7, 11) is 0. The Bertz CT molecular complexity index is 1190. The van der Waals surface area contributed by atoms with Gasteiger partial charge in [0.15, 0.2) is 0 Å². The molecule has 1 aromatic heterocycles. The van der Waals surface area contributed by atoms with Crippen molar-refractivity contribution in [1.29, 1.82) is 0 Å². The average Bonchev–Trinajstić information content (AvgIpc) is 3.30. The number of aryl methyl sites for hydroxylation is 1. The van der Waals surface area contributed by atoms with Crippen LogP contribution in [0.1, 0.15) is 42.3 Å². The third-order valence-corrected chi connectivity index (χ3v) is 6.34. The quantitative estimate of drug-likeness (QED) is 0.427. The highest BCUT2D eigenvalue weighted by molar-refractivity contribution is 5.94. The molecule has 6 heteroatoms. The monoisotopic (exact) mass is 457 g/mol. The predicted molar refractivity (Wildman–Crippen MR) is 135 cm³/mol. The second-order valence-corrected chi connectivity index (χ2v) is 8.85. The van der Waals surface area contributed by atoms with Gasteiger partial charge in [-0.05, 0) is 55.5 Å². The zero-order chi connectivity index (χ0) is 24.1. The van der Waals surface area contributed by atoms with Crippen LogP contribution in [0.5, 0.6) is 0 Å².